The Balaban J connectivity index is 2.28. The van der Waals surface area contributed by atoms with Crippen LogP contribution in [0.3, 0.4) is 0 Å². The Hall–Kier alpha value is -3.60. The molecular formula is C21H30N6O5. The number of anilines is 2. The molecule has 0 atom stereocenters. The van der Waals surface area contributed by atoms with E-state index < -0.39 is 23.2 Å². The van der Waals surface area contributed by atoms with Crippen LogP contribution in [0.25, 0.3) is 0 Å². The molecule has 0 aliphatic heterocycles. The Labute approximate surface area is 185 Å². The molecule has 1 aromatic heterocycles. The summed E-state index contributed by atoms with van der Waals surface area (Å²) in [5, 5.41) is 4.81. The zero-order valence-electron chi connectivity index (χ0n) is 18.3. The van der Waals surface area contributed by atoms with E-state index in [4.69, 9.17) is 10.5 Å². The van der Waals surface area contributed by atoms with Gasteiger partial charge < -0.3 is 20.7 Å². The molecule has 2 rings (SSSR count). The van der Waals surface area contributed by atoms with E-state index >= 15 is 0 Å². The van der Waals surface area contributed by atoms with Gasteiger partial charge in [-0.05, 0) is 12.0 Å². The SMILES string of the molecule is CCCCNC(=O)NC(=O)CN(CCOC)c1c(N)n(Cc2ccccc2)c(=O)[nH]c1=O. The number of benzene rings is 1. The molecule has 11 nitrogen and oxygen atoms in total. The first kappa shape index (κ1) is 24.7. The molecule has 0 fully saturated rings. The maximum Gasteiger partial charge on any atom is 0.330 e. The highest BCUT2D eigenvalue weighted by molar-refractivity contribution is 5.96. The summed E-state index contributed by atoms with van der Waals surface area (Å²) < 4.78 is 6.30. The average Bonchev–Trinajstić information content (AvgIpc) is 2.75. The molecule has 0 bridgehead atoms. The minimum absolute atomic E-state index is 0.0425. The Bertz CT molecular complexity index is 1020. The topological polar surface area (TPSA) is 152 Å². The van der Waals surface area contributed by atoms with Gasteiger partial charge in [0.15, 0.2) is 0 Å². The predicted molar refractivity (Wildman–Crippen MR) is 122 cm³/mol. The van der Waals surface area contributed by atoms with Gasteiger partial charge in [-0.2, -0.15) is 0 Å². The number of nitrogens with one attached hydrogen (secondary N) is 3. The van der Waals surface area contributed by atoms with Gasteiger partial charge in [-0.15, -0.1) is 0 Å². The second-order valence-electron chi connectivity index (χ2n) is 7.14. The molecule has 0 aliphatic carbocycles. The van der Waals surface area contributed by atoms with E-state index in [0.717, 1.165) is 18.4 Å². The molecule has 3 amide bonds. The number of ether oxygens (including phenoxy) is 1. The van der Waals surface area contributed by atoms with Gasteiger partial charge in [0.2, 0.25) is 5.91 Å². The van der Waals surface area contributed by atoms with Gasteiger partial charge in [-0.25, -0.2) is 9.59 Å². The van der Waals surface area contributed by atoms with E-state index in [1.54, 1.807) is 0 Å². The normalized spacial score (nSPS) is 10.6. The van der Waals surface area contributed by atoms with Crippen molar-refractivity contribution >= 4 is 23.4 Å². The third-order valence-electron chi connectivity index (χ3n) is 4.68. The number of nitrogens with zero attached hydrogens (tertiary/aromatic N) is 2. The largest absolute Gasteiger partial charge is 0.383 e. The minimum atomic E-state index is -0.729. The number of hydrogen-bond acceptors (Lipinski definition) is 7. The fraction of sp³-hybridized carbons (Fsp3) is 0.429. The molecule has 0 spiro atoms. The lowest BCUT2D eigenvalue weighted by molar-refractivity contribution is -0.118. The van der Waals surface area contributed by atoms with E-state index in [9.17, 15) is 19.2 Å². The molecular weight excluding hydrogens is 416 g/mol. The number of hydrogen-bond donors (Lipinski definition) is 4. The van der Waals surface area contributed by atoms with Gasteiger partial charge >= 0.3 is 11.7 Å². The molecule has 0 saturated carbocycles. The van der Waals surface area contributed by atoms with Crippen molar-refractivity contribution in [1.29, 1.82) is 0 Å². The lowest BCUT2D eigenvalue weighted by Crippen LogP contribution is -2.47. The third-order valence-corrected chi connectivity index (χ3v) is 4.68. The number of urea groups is 1. The average molecular weight is 447 g/mol. The summed E-state index contributed by atoms with van der Waals surface area (Å²) >= 11 is 0. The lowest BCUT2D eigenvalue weighted by atomic mass is 10.2. The zero-order chi connectivity index (χ0) is 23.5. The highest BCUT2D eigenvalue weighted by Crippen LogP contribution is 2.17. The van der Waals surface area contributed by atoms with Crippen LogP contribution in [0.15, 0.2) is 39.9 Å². The standard InChI is InChI=1S/C21H30N6O5/c1-3-4-10-23-20(30)24-16(28)14-26(11-12-32-2)17-18(22)27(21(31)25-19(17)29)13-15-8-6-5-7-9-15/h5-9H,3-4,10-14,22H2,1-2H3,(H,25,29,31)(H2,23,24,28,30). The number of rotatable bonds is 11. The van der Waals surface area contributed by atoms with E-state index in [1.165, 1.54) is 16.6 Å². The highest BCUT2D eigenvalue weighted by Gasteiger charge is 2.22. The first-order chi connectivity index (χ1) is 15.4. The lowest BCUT2D eigenvalue weighted by Gasteiger charge is -2.25. The third kappa shape index (κ3) is 6.98. The number of aromatic nitrogens is 2. The van der Waals surface area contributed by atoms with Gasteiger partial charge in [0.1, 0.15) is 11.5 Å². The Morgan fingerprint density at radius 1 is 1.22 bits per heavy atom. The molecule has 0 saturated heterocycles. The van der Waals surface area contributed by atoms with Crippen molar-refractivity contribution in [3.63, 3.8) is 0 Å². The number of imide groups is 1. The fourth-order valence-corrected chi connectivity index (χ4v) is 3.04. The Morgan fingerprint density at radius 3 is 2.59 bits per heavy atom. The van der Waals surface area contributed by atoms with Gasteiger partial charge in [-0.1, -0.05) is 43.7 Å². The van der Waals surface area contributed by atoms with Crippen LogP contribution in [-0.4, -0.2) is 54.8 Å². The van der Waals surface area contributed by atoms with E-state index in [-0.39, 0.29) is 37.7 Å². The van der Waals surface area contributed by atoms with Gasteiger partial charge in [0, 0.05) is 20.2 Å². The Morgan fingerprint density at radius 2 is 1.94 bits per heavy atom. The summed E-state index contributed by atoms with van der Waals surface area (Å²) in [7, 11) is 1.48. The molecule has 0 radical (unpaired) electrons. The number of nitrogen functional groups attached to an aromatic ring is 1. The molecule has 174 valence electrons. The number of carbonyl (C=O) groups excluding carboxylic acids is 2. The van der Waals surface area contributed by atoms with Crippen molar-refractivity contribution in [2.45, 2.75) is 26.3 Å². The number of nitrogens with two attached hydrogens (primary N) is 1. The van der Waals surface area contributed by atoms with Crippen molar-refractivity contribution in [3.05, 3.63) is 56.7 Å². The summed E-state index contributed by atoms with van der Waals surface area (Å²) in [6.45, 7) is 2.56. The number of methoxy groups -OCH3 is 1. The van der Waals surface area contributed by atoms with Gasteiger partial charge in [0.25, 0.3) is 5.56 Å². The van der Waals surface area contributed by atoms with Crippen molar-refractivity contribution in [1.82, 2.24) is 20.2 Å². The van der Waals surface area contributed by atoms with E-state index in [2.05, 4.69) is 15.6 Å². The maximum atomic E-state index is 12.6. The maximum absolute atomic E-state index is 12.6. The highest BCUT2D eigenvalue weighted by atomic mass is 16.5. The Kier molecular flexibility index (Phi) is 9.48. The quantitative estimate of drug-likeness (QED) is 0.361. The smallest absolute Gasteiger partial charge is 0.330 e. The molecule has 0 unspecified atom stereocenters. The molecule has 11 heteroatoms. The van der Waals surface area contributed by atoms with Crippen molar-refractivity contribution in [3.8, 4) is 0 Å². The first-order valence-electron chi connectivity index (χ1n) is 10.4. The monoisotopic (exact) mass is 446 g/mol. The van der Waals surface area contributed by atoms with Crippen LogP contribution in [0, 0.1) is 0 Å². The van der Waals surface area contributed by atoms with Crippen LogP contribution in [0.1, 0.15) is 25.3 Å². The van der Waals surface area contributed by atoms with Gasteiger partial charge in [-0.3, -0.25) is 24.5 Å². The molecule has 0 aliphatic rings. The summed E-state index contributed by atoms with van der Waals surface area (Å²) in [5.41, 5.74) is 5.59. The number of aromatic amines is 1. The van der Waals surface area contributed by atoms with E-state index in [1.807, 2.05) is 37.3 Å². The van der Waals surface area contributed by atoms with Crippen LogP contribution < -0.4 is 32.5 Å². The second-order valence-corrected chi connectivity index (χ2v) is 7.14. The molecule has 5 N–H and O–H groups in total. The molecule has 2 aromatic rings. The fourth-order valence-electron chi connectivity index (χ4n) is 3.04. The number of H-pyrrole nitrogens is 1. The van der Waals surface area contributed by atoms with Crippen LogP contribution in [0.2, 0.25) is 0 Å². The van der Waals surface area contributed by atoms with Crippen LogP contribution >= 0.6 is 0 Å². The minimum Gasteiger partial charge on any atom is -0.383 e. The molecule has 1 aromatic carbocycles. The number of amides is 3. The number of carbonyl (C=O) groups is 2. The zero-order valence-corrected chi connectivity index (χ0v) is 18.3. The predicted octanol–water partition coefficient (Wildman–Crippen LogP) is 0.246. The van der Waals surface area contributed by atoms with Crippen LogP contribution in [0.4, 0.5) is 16.3 Å². The summed E-state index contributed by atoms with van der Waals surface area (Å²) in [5.74, 6) is -0.714. The second kappa shape index (κ2) is 12.3. The van der Waals surface area contributed by atoms with Gasteiger partial charge in [0.05, 0.1) is 19.7 Å². The summed E-state index contributed by atoms with van der Waals surface area (Å²) in [4.78, 5) is 52.9. The van der Waals surface area contributed by atoms with Crippen molar-refractivity contribution in [2.24, 2.45) is 0 Å². The number of unbranched alkanes of at least 4 members (excludes halogenated alkanes) is 1. The first-order valence-corrected chi connectivity index (χ1v) is 10.4. The summed E-state index contributed by atoms with van der Waals surface area (Å²) in [6.07, 6.45) is 1.69. The molecule has 32 heavy (non-hydrogen) atoms. The summed E-state index contributed by atoms with van der Waals surface area (Å²) in [6, 6.07) is 8.52. The van der Waals surface area contributed by atoms with Crippen molar-refractivity contribution in [2.75, 3.05) is 44.0 Å². The van der Waals surface area contributed by atoms with Crippen LogP contribution in [-0.2, 0) is 16.1 Å². The van der Waals surface area contributed by atoms with Crippen molar-refractivity contribution < 1.29 is 14.3 Å². The van der Waals surface area contributed by atoms with Crippen LogP contribution in [0.5, 0.6) is 0 Å². The molecule has 1 heterocycles. The van der Waals surface area contributed by atoms with E-state index in [0.29, 0.717) is 6.54 Å².